The van der Waals surface area contributed by atoms with Crippen LogP contribution in [0.3, 0.4) is 0 Å². The zero-order valence-corrected chi connectivity index (χ0v) is 11.6. The van der Waals surface area contributed by atoms with Gasteiger partial charge in [-0.1, -0.05) is 19.1 Å². The Morgan fingerprint density at radius 1 is 1.58 bits per heavy atom. The number of nitrogens with one attached hydrogen (secondary N) is 1. The molecule has 0 fully saturated rings. The van der Waals surface area contributed by atoms with E-state index in [4.69, 9.17) is 4.74 Å². The monoisotopic (exact) mass is 267 g/mol. The van der Waals surface area contributed by atoms with Crippen molar-refractivity contribution in [3.8, 4) is 5.75 Å². The van der Waals surface area contributed by atoms with E-state index >= 15 is 0 Å². The number of carbonyl (C=O) groups is 1. The van der Waals surface area contributed by atoms with Crippen molar-refractivity contribution in [2.24, 2.45) is 0 Å². The van der Waals surface area contributed by atoms with E-state index in [0.29, 0.717) is 6.54 Å². The van der Waals surface area contributed by atoms with E-state index in [2.05, 4.69) is 5.32 Å². The molecule has 1 atom stereocenters. The van der Waals surface area contributed by atoms with E-state index in [0.717, 1.165) is 12.1 Å². The Morgan fingerprint density at radius 2 is 2.32 bits per heavy atom. The van der Waals surface area contributed by atoms with Gasteiger partial charge < -0.3 is 10.1 Å². The van der Waals surface area contributed by atoms with Gasteiger partial charge in [0.05, 0.1) is 0 Å². The number of hydrogen-bond acceptors (Lipinski definition) is 3. The average Bonchev–Trinajstić information content (AvgIpc) is 2.37. The molecule has 0 amide bonds. The van der Waals surface area contributed by atoms with E-state index in [1.807, 2.05) is 13.8 Å². The third-order valence-electron chi connectivity index (χ3n) is 2.48. The van der Waals surface area contributed by atoms with Gasteiger partial charge in [-0.05, 0) is 44.2 Å². The summed E-state index contributed by atoms with van der Waals surface area (Å²) in [6.07, 6.45) is 2.96. The smallest absolute Gasteiger partial charge is 0.165 e. The van der Waals surface area contributed by atoms with Crippen molar-refractivity contribution >= 4 is 11.9 Å². The minimum atomic E-state index is -0.400. The molecule has 1 aromatic rings. The molecule has 0 spiro atoms. The number of ketones is 1. The lowest BCUT2D eigenvalue weighted by atomic mass is 10.2. The second kappa shape index (κ2) is 7.69. The zero-order valence-electron chi connectivity index (χ0n) is 11.6. The van der Waals surface area contributed by atoms with E-state index in [1.165, 1.54) is 19.1 Å². The molecule has 0 aliphatic carbocycles. The van der Waals surface area contributed by atoms with Crippen LogP contribution in [0.5, 0.6) is 5.75 Å². The summed E-state index contributed by atoms with van der Waals surface area (Å²) in [5, 5.41) is 3.14. The van der Waals surface area contributed by atoms with Crippen molar-refractivity contribution in [1.82, 2.24) is 5.32 Å². The highest BCUT2D eigenvalue weighted by atomic mass is 19.1. The van der Waals surface area contributed by atoms with Crippen molar-refractivity contribution < 1.29 is 15.3 Å². The number of carbonyl (C=O) groups excluding carboxylic acids is 1. The van der Waals surface area contributed by atoms with Crippen LogP contribution in [-0.2, 0) is 4.79 Å². The first-order chi connectivity index (χ1) is 9.02. The lowest BCUT2D eigenvalue weighted by Gasteiger charge is -2.15. The first-order valence-electron chi connectivity index (χ1n) is 6.38. The molecule has 0 bridgehead atoms. The van der Waals surface area contributed by atoms with Gasteiger partial charge >= 0.3 is 0 Å². The Kier molecular flexibility index (Phi) is 6.22. The van der Waals surface area contributed by atoms with Crippen molar-refractivity contribution in [3.63, 3.8) is 0 Å². The van der Waals surface area contributed by atoms with Crippen molar-refractivity contribution in [1.29, 1.82) is 0 Å². The van der Waals surface area contributed by atoms with Crippen LogP contribution < -0.4 is 10.1 Å². The molecule has 0 aromatic heterocycles. The largest absolute Gasteiger partial charge is 0.486 e. The molecule has 0 radical (unpaired) electrons. The summed E-state index contributed by atoms with van der Waals surface area (Å²) >= 11 is 0. The van der Waals surface area contributed by atoms with Crippen LogP contribution in [0.1, 0.15) is 27.8 Å². The lowest BCUT2D eigenvalue weighted by Crippen LogP contribution is -2.28. The van der Waals surface area contributed by atoms with E-state index in [9.17, 15) is 9.18 Å². The standard InChI is InChI=1S/C15H20FNO2.H2/c1-4-17-10-12(3)19-15-9-13(6-5-11(2)18)7-8-14(15)16;/h5-9,12,17H,4,10H2,1-3H3;1H/b6-5+;/t12-;/m1./s1. The van der Waals surface area contributed by atoms with Crippen molar-refractivity contribution in [3.05, 3.63) is 35.7 Å². The van der Waals surface area contributed by atoms with Crippen molar-refractivity contribution in [2.45, 2.75) is 26.9 Å². The van der Waals surface area contributed by atoms with Crippen LogP contribution in [0.2, 0.25) is 0 Å². The average molecular weight is 267 g/mol. The predicted molar refractivity (Wildman–Crippen MR) is 76.9 cm³/mol. The maximum absolute atomic E-state index is 13.6. The molecule has 4 heteroatoms. The minimum Gasteiger partial charge on any atom is -0.486 e. The molecule has 1 aromatic carbocycles. The highest BCUT2D eigenvalue weighted by Gasteiger charge is 2.08. The normalized spacial score (nSPS) is 12.6. The summed E-state index contributed by atoms with van der Waals surface area (Å²) in [6, 6.07) is 4.54. The number of likely N-dealkylation sites (N-methyl/N-ethyl adjacent to an activating group) is 1. The Labute approximate surface area is 115 Å². The minimum absolute atomic E-state index is 0. The third-order valence-corrected chi connectivity index (χ3v) is 2.48. The number of hydrogen-bond donors (Lipinski definition) is 1. The number of rotatable bonds is 7. The molecule has 0 heterocycles. The van der Waals surface area contributed by atoms with Gasteiger partial charge in [-0.25, -0.2) is 4.39 Å². The van der Waals surface area contributed by atoms with Gasteiger partial charge in [0.15, 0.2) is 17.3 Å². The summed E-state index contributed by atoms with van der Waals surface area (Å²) in [5.41, 5.74) is 0.738. The summed E-state index contributed by atoms with van der Waals surface area (Å²) < 4.78 is 19.2. The van der Waals surface area contributed by atoms with E-state index < -0.39 is 5.82 Å². The first-order valence-corrected chi connectivity index (χ1v) is 6.38. The van der Waals surface area contributed by atoms with Crippen LogP contribution in [0, 0.1) is 5.82 Å². The van der Waals surface area contributed by atoms with Crippen LogP contribution in [-0.4, -0.2) is 25.0 Å². The second-order valence-electron chi connectivity index (χ2n) is 4.37. The number of allylic oxidation sites excluding steroid dienone is 1. The quantitative estimate of drug-likeness (QED) is 0.772. The van der Waals surface area contributed by atoms with Crippen LogP contribution in [0.25, 0.3) is 6.08 Å². The molecular formula is C15H22FNO2. The first kappa shape index (κ1) is 15.4. The molecule has 0 saturated heterocycles. The molecule has 0 unspecified atom stereocenters. The highest BCUT2D eigenvalue weighted by molar-refractivity contribution is 5.91. The van der Waals surface area contributed by atoms with Gasteiger partial charge in [0.1, 0.15) is 6.10 Å². The fraction of sp³-hybridized carbons (Fsp3) is 0.400. The van der Waals surface area contributed by atoms with Gasteiger partial charge in [-0.15, -0.1) is 0 Å². The van der Waals surface area contributed by atoms with Gasteiger partial charge in [0.25, 0.3) is 0 Å². The van der Waals surface area contributed by atoms with Gasteiger partial charge in [0, 0.05) is 7.97 Å². The Balaban J connectivity index is 0.00000361. The molecule has 19 heavy (non-hydrogen) atoms. The Hall–Kier alpha value is -1.68. The van der Waals surface area contributed by atoms with E-state index in [1.54, 1.807) is 18.2 Å². The summed E-state index contributed by atoms with van der Waals surface area (Å²) in [7, 11) is 0. The maximum Gasteiger partial charge on any atom is 0.165 e. The predicted octanol–water partition coefficient (Wildman–Crippen LogP) is 3.05. The number of halogens is 1. The fourth-order valence-corrected chi connectivity index (χ4v) is 1.53. The van der Waals surface area contributed by atoms with E-state index in [-0.39, 0.29) is 19.1 Å². The van der Waals surface area contributed by atoms with Crippen LogP contribution >= 0.6 is 0 Å². The molecule has 0 aliphatic heterocycles. The van der Waals surface area contributed by atoms with Gasteiger partial charge in [-0.2, -0.15) is 0 Å². The van der Waals surface area contributed by atoms with Crippen LogP contribution in [0.4, 0.5) is 4.39 Å². The third kappa shape index (κ3) is 5.66. The molecule has 1 N–H and O–H groups in total. The molecule has 0 aliphatic rings. The molecule has 1 rings (SSSR count). The van der Waals surface area contributed by atoms with Gasteiger partial charge in [-0.3, -0.25) is 4.79 Å². The summed E-state index contributed by atoms with van der Waals surface area (Å²) in [5.74, 6) is -0.244. The summed E-state index contributed by atoms with van der Waals surface area (Å²) in [4.78, 5) is 10.9. The van der Waals surface area contributed by atoms with Crippen molar-refractivity contribution in [2.75, 3.05) is 13.1 Å². The second-order valence-corrected chi connectivity index (χ2v) is 4.37. The maximum atomic E-state index is 13.6. The zero-order chi connectivity index (χ0) is 14.3. The van der Waals surface area contributed by atoms with Gasteiger partial charge in [0.2, 0.25) is 0 Å². The molecule has 0 saturated carbocycles. The summed E-state index contributed by atoms with van der Waals surface area (Å²) in [6.45, 7) is 6.84. The number of benzene rings is 1. The fourth-order valence-electron chi connectivity index (χ4n) is 1.53. The lowest BCUT2D eigenvalue weighted by molar-refractivity contribution is -0.112. The Morgan fingerprint density at radius 3 is 2.95 bits per heavy atom. The van der Waals surface area contributed by atoms with Crippen LogP contribution in [0.15, 0.2) is 24.3 Å². The Bertz CT molecular complexity index is 463. The number of ether oxygens (including phenoxy) is 1. The SMILES string of the molecule is CCNC[C@@H](C)Oc1cc(/C=C/C(C)=O)ccc1F.[HH]. The highest BCUT2D eigenvalue weighted by Crippen LogP contribution is 2.20. The molecule has 3 nitrogen and oxygen atoms in total. The molecular weight excluding hydrogens is 245 g/mol. The molecule has 106 valence electrons. The topological polar surface area (TPSA) is 38.3 Å².